The van der Waals surface area contributed by atoms with E-state index >= 15 is 0 Å². The first-order valence-electron chi connectivity index (χ1n) is 5.91. The van der Waals surface area contributed by atoms with E-state index < -0.39 is 0 Å². The van der Waals surface area contributed by atoms with Crippen LogP contribution in [0.5, 0.6) is 0 Å². The van der Waals surface area contributed by atoms with Crippen molar-refractivity contribution >= 4 is 11.3 Å². The van der Waals surface area contributed by atoms with E-state index in [0.29, 0.717) is 13.1 Å². The van der Waals surface area contributed by atoms with Crippen LogP contribution in [0.2, 0.25) is 0 Å². The lowest BCUT2D eigenvalue weighted by molar-refractivity contribution is 0.153. The van der Waals surface area contributed by atoms with E-state index in [0.717, 1.165) is 13.0 Å². The molecule has 0 saturated heterocycles. The average Bonchev–Trinajstić information content (AvgIpc) is 2.80. The molecule has 0 radical (unpaired) electrons. The van der Waals surface area contributed by atoms with Crippen molar-refractivity contribution in [1.29, 1.82) is 0 Å². The van der Waals surface area contributed by atoms with Gasteiger partial charge in [-0.2, -0.15) is 0 Å². The number of nitrogens with zero attached hydrogens (tertiary/aromatic N) is 1. The number of hydrogen-bond acceptors (Lipinski definition) is 4. The maximum atomic E-state index is 9.10. The fourth-order valence-corrected chi connectivity index (χ4v) is 2.71. The molecule has 92 valence electrons. The summed E-state index contributed by atoms with van der Waals surface area (Å²) < 4.78 is 0. The Kier molecular flexibility index (Phi) is 6.64. The normalized spacial score (nSPS) is 13.2. The Morgan fingerprint density at radius 3 is 2.81 bits per heavy atom. The van der Waals surface area contributed by atoms with E-state index in [1.54, 1.807) is 11.3 Å². The van der Waals surface area contributed by atoms with Gasteiger partial charge in [-0.1, -0.05) is 19.4 Å². The van der Waals surface area contributed by atoms with E-state index in [-0.39, 0.29) is 12.6 Å². The van der Waals surface area contributed by atoms with Crippen molar-refractivity contribution in [3.63, 3.8) is 0 Å². The molecule has 1 atom stereocenters. The van der Waals surface area contributed by atoms with Crippen LogP contribution in [0.15, 0.2) is 17.5 Å². The summed E-state index contributed by atoms with van der Waals surface area (Å²) in [4.78, 5) is 3.59. The zero-order valence-electron chi connectivity index (χ0n) is 9.93. The molecule has 16 heavy (non-hydrogen) atoms. The van der Waals surface area contributed by atoms with E-state index in [4.69, 9.17) is 10.8 Å². The van der Waals surface area contributed by atoms with E-state index in [1.165, 1.54) is 11.3 Å². The van der Waals surface area contributed by atoms with Gasteiger partial charge in [-0.25, -0.2) is 0 Å². The maximum absolute atomic E-state index is 9.10. The second-order valence-corrected chi connectivity index (χ2v) is 4.86. The number of unbranched alkanes of at least 4 members (excludes halogenated alkanes) is 1. The molecule has 1 unspecified atom stereocenters. The molecule has 0 spiro atoms. The van der Waals surface area contributed by atoms with Crippen LogP contribution in [0.1, 0.15) is 30.7 Å². The molecule has 0 aliphatic rings. The Morgan fingerprint density at radius 1 is 1.50 bits per heavy atom. The van der Waals surface area contributed by atoms with Crippen molar-refractivity contribution in [2.45, 2.75) is 25.8 Å². The number of hydrogen-bond donors (Lipinski definition) is 2. The summed E-state index contributed by atoms with van der Waals surface area (Å²) in [6.07, 6.45) is 2.32. The molecule has 0 fully saturated rings. The van der Waals surface area contributed by atoms with Gasteiger partial charge in [0.1, 0.15) is 0 Å². The minimum atomic E-state index is 0.200. The Balaban J connectivity index is 2.65. The quantitative estimate of drug-likeness (QED) is 0.731. The summed E-state index contributed by atoms with van der Waals surface area (Å²) in [5.41, 5.74) is 5.85. The third-order valence-corrected chi connectivity index (χ3v) is 3.70. The molecule has 4 heteroatoms. The topological polar surface area (TPSA) is 49.5 Å². The minimum absolute atomic E-state index is 0.200. The molecule has 0 aliphatic carbocycles. The van der Waals surface area contributed by atoms with Crippen molar-refractivity contribution in [2.75, 3.05) is 26.2 Å². The molecule has 1 aromatic rings. The first kappa shape index (κ1) is 13.6. The van der Waals surface area contributed by atoms with Gasteiger partial charge >= 0.3 is 0 Å². The predicted octanol–water partition coefficient (Wildman–Crippen LogP) is 1.84. The highest BCUT2D eigenvalue weighted by Crippen LogP contribution is 2.24. The van der Waals surface area contributed by atoms with Gasteiger partial charge in [-0.05, 0) is 24.4 Å². The summed E-state index contributed by atoms with van der Waals surface area (Å²) in [6.45, 7) is 4.71. The van der Waals surface area contributed by atoms with Crippen LogP contribution >= 0.6 is 11.3 Å². The first-order chi connectivity index (χ1) is 7.83. The zero-order valence-corrected chi connectivity index (χ0v) is 10.7. The summed E-state index contributed by atoms with van der Waals surface area (Å²) in [7, 11) is 0. The average molecular weight is 242 g/mol. The molecule has 1 rings (SSSR count). The van der Waals surface area contributed by atoms with Gasteiger partial charge in [0.05, 0.1) is 12.6 Å². The van der Waals surface area contributed by atoms with Crippen LogP contribution in [-0.4, -0.2) is 36.2 Å². The standard InChI is InChI=1S/C12H22N2OS/c1-2-3-6-14(7-8-15)11(10-13)12-5-4-9-16-12/h4-5,9,11,15H,2-3,6-8,10,13H2,1H3. The van der Waals surface area contributed by atoms with Crippen LogP contribution in [0.4, 0.5) is 0 Å². The van der Waals surface area contributed by atoms with Crippen LogP contribution in [-0.2, 0) is 0 Å². The van der Waals surface area contributed by atoms with Crippen LogP contribution < -0.4 is 5.73 Å². The van der Waals surface area contributed by atoms with Gasteiger partial charge in [-0.3, -0.25) is 4.90 Å². The van der Waals surface area contributed by atoms with Gasteiger partial charge in [0.25, 0.3) is 0 Å². The van der Waals surface area contributed by atoms with Crippen molar-refractivity contribution < 1.29 is 5.11 Å². The minimum Gasteiger partial charge on any atom is -0.395 e. The summed E-state index contributed by atoms with van der Waals surface area (Å²) in [5.74, 6) is 0. The molecular weight excluding hydrogens is 220 g/mol. The Bertz CT molecular complexity index is 264. The fraction of sp³-hybridized carbons (Fsp3) is 0.667. The first-order valence-corrected chi connectivity index (χ1v) is 6.79. The summed E-state index contributed by atoms with van der Waals surface area (Å²) in [5, 5.41) is 11.2. The van der Waals surface area contributed by atoms with Crippen molar-refractivity contribution in [3.8, 4) is 0 Å². The zero-order chi connectivity index (χ0) is 11.8. The second kappa shape index (κ2) is 7.79. The van der Waals surface area contributed by atoms with Gasteiger partial charge < -0.3 is 10.8 Å². The van der Waals surface area contributed by atoms with Gasteiger partial charge in [-0.15, -0.1) is 11.3 Å². The smallest absolute Gasteiger partial charge is 0.0565 e. The molecular formula is C12H22N2OS. The van der Waals surface area contributed by atoms with Crippen LogP contribution in [0, 0.1) is 0 Å². The molecule has 0 saturated carbocycles. The Morgan fingerprint density at radius 2 is 2.31 bits per heavy atom. The molecule has 0 aliphatic heterocycles. The summed E-state index contributed by atoms with van der Waals surface area (Å²) >= 11 is 1.74. The third-order valence-electron chi connectivity index (χ3n) is 2.72. The van der Waals surface area contributed by atoms with Crippen molar-refractivity contribution in [2.24, 2.45) is 5.73 Å². The number of aliphatic hydroxyl groups is 1. The molecule has 0 amide bonds. The highest BCUT2D eigenvalue weighted by Gasteiger charge is 2.18. The Hall–Kier alpha value is -0.420. The monoisotopic (exact) mass is 242 g/mol. The number of thiophene rings is 1. The third kappa shape index (κ3) is 3.87. The highest BCUT2D eigenvalue weighted by molar-refractivity contribution is 7.10. The number of nitrogens with two attached hydrogens (primary N) is 1. The van der Waals surface area contributed by atoms with E-state index in [9.17, 15) is 0 Å². The lowest BCUT2D eigenvalue weighted by atomic mass is 10.2. The molecule has 1 heterocycles. The van der Waals surface area contributed by atoms with Crippen LogP contribution in [0.25, 0.3) is 0 Å². The SMILES string of the molecule is CCCCN(CCO)C(CN)c1cccs1. The van der Waals surface area contributed by atoms with Crippen molar-refractivity contribution in [1.82, 2.24) is 4.90 Å². The summed E-state index contributed by atoms with van der Waals surface area (Å²) in [6, 6.07) is 4.44. The largest absolute Gasteiger partial charge is 0.395 e. The number of aliphatic hydroxyl groups excluding tert-OH is 1. The lowest BCUT2D eigenvalue weighted by Crippen LogP contribution is -2.36. The van der Waals surface area contributed by atoms with E-state index in [1.807, 2.05) is 0 Å². The molecule has 0 aromatic carbocycles. The lowest BCUT2D eigenvalue weighted by Gasteiger charge is -2.29. The van der Waals surface area contributed by atoms with Gasteiger partial charge in [0, 0.05) is 18.0 Å². The number of rotatable bonds is 8. The Labute approximate surface area is 102 Å². The molecule has 3 N–H and O–H groups in total. The molecule has 3 nitrogen and oxygen atoms in total. The predicted molar refractivity (Wildman–Crippen MR) is 69.7 cm³/mol. The fourth-order valence-electron chi connectivity index (χ4n) is 1.84. The van der Waals surface area contributed by atoms with Crippen molar-refractivity contribution in [3.05, 3.63) is 22.4 Å². The second-order valence-electron chi connectivity index (χ2n) is 3.88. The molecule has 1 aromatic heterocycles. The van der Waals surface area contributed by atoms with Gasteiger partial charge in [0.2, 0.25) is 0 Å². The molecule has 0 bridgehead atoms. The van der Waals surface area contributed by atoms with E-state index in [2.05, 4.69) is 29.3 Å². The van der Waals surface area contributed by atoms with Gasteiger partial charge in [0.15, 0.2) is 0 Å². The van der Waals surface area contributed by atoms with Crippen LogP contribution in [0.3, 0.4) is 0 Å². The maximum Gasteiger partial charge on any atom is 0.0565 e. The highest BCUT2D eigenvalue weighted by atomic mass is 32.1.